The second-order valence-corrected chi connectivity index (χ2v) is 7.98. The largest absolute Gasteiger partial charge is 0.478 e. The molecule has 0 saturated heterocycles. The van der Waals surface area contributed by atoms with E-state index in [0.29, 0.717) is 11.3 Å². The van der Waals surface area contributed by atoms with E-state index in [1.165, 1.54) is 6.08 Å². The standard InChI is InChI=1S/C27H24N2O5/c1-17(26(32)29-19-8-6-7-18(15-19)13-14-25(30)31)28-27(33)34-16-24-22-11-4-2-9-20(22)21-10-3-5-12-23(21)24/h2-15,17,24H,16H2,1H3,(H,28,33)(H,29,32)(H,30,31)/b14-13+/t17-/m1/s1. The second kappa shape index (κ2) is 10.0. The van der Waals surface area contributed by atoms with Crippen LogP contribution in [0.3, 0.4) is 0 Å². The molecule has 34 heavy (non-hydrogen) atoms. The molecule has 2 amide bonds. The van der Waals surface area contributed by atoms with E-state index in [1.54, 1.807) is 31.2 Å². The summed E-state index contributed by atoms with van der Waals surface area (Å²) < 4.78 is 5.49. The van der Waals surface area contributed by atoms with Crippen LogP contribution < -0.4 is 10.6 Å². The van der Waals surface area contributed by atoms with Gasteiger partial charge in [0.15, 0.2) is 0 Å². The topological polar surface area (TPSA) is 105 Å². The van der Waals surface area contributed by atoms with Gasteiger partial charge >= 0.3 is 12.1 Å². The lowest BCUT2D eigenvalue weighted by atomic mass is 9.98. The van der Waals surface area contributed by atoms with Crippen LogP contribution in [0, 0.1) is 0 Å². The van der Waals surface area contributed by atoms with Crippen molar-refractivity contribution in [3.8, 4) is 11.1 Å². The predicted octanol–water partition coefficient (Wildman–Crippen LogP) is 4.65. The molecular formula is C27H24N2O5. The molecule has 1 aliphatic carbocycles. The van der Waals surface area contributed by atoms with E-state index in [1.807, 2.05) is 36.4 Å². The first kappa shape index (κ1) is 22.8. The highest BCUT2D eigenvalue weighted by Gasteiger charge is 2.29. The van der Waals surface area contributed by atoms with Crippen molar-refractivity contribution in [3.05, 3.63) is 95.6 Å². The molecule has 0 radical (unpaired) electrons. The molecule has 4 rings (SSSR count). The number of aliphatic carboxylic acids is 1. The average Bonchev–Trinajstić information content (AvgIpc) is 3.15. The number of amides is 2. The number of alkyl carbamates (subject to hydrolysis) is 1. The van der Waals surface area contributed by atoms with Gasteiger partial charge in [-0.15, -0.1) is 0 Å². The molecule has 0 spiro atoms. The quantitative estimate of drug-likeness (QED) is 0.449. The van der Waals surface area contributed by atoms with Crippen molar-refractivity contribution < 1.29 is 24.2 Å². The molecule has 7 heteroatoms. The number of carboxylic acid groups (broad SMARTS) is 1. The molecule has 0 heterocycles. The van der Waals surface area contributed by atoms with Crippen LogP contribution in [0.2, 0.25) is 0 Å². The smallest absolute Gasteiger partial charge is 0.407 e. The van der Waals surface area contributed by atoms with E-state index >= 15 is 0 Å². The Bertz CT molecular complexity index is 1220. The number of hydrogen-bond acceptors (Lipinski definition) is 4. The van der Waals surface area contributed by atoms with Crippen LogP contribution in [-0.4, -0.2) is 35.7 Å². The molecular weight excluding hydrogens is 432 g/mol. The van der Waals surface area contributed by atoms with Crippen LogP contribution >= 0.6 is 0 Å². The number of benzene rings is 3. The first-order valence-corrected chi connectivity index (χ1v) is 10.9. The zero-order valence-corrected chi connectivity index (χ0v) is 18.5. The molecule has 1 atom stereocenters. The Morgan fingerprint density at radius 2 is 1.62 bits per heavy atom. The van der Waals surface area contributed by atoms with Gasteiger partial charge in [-0.05, 0) is 52.9 Å². The Labute approximate surface area is 197 Å². The number of nitrogens with one attached hydrogen (secondary N) is 2. The molecule has 7 nitrogen and oxygen atoms in total. The van der Waals surface area contributed by atoms with Crippen molar-refractivity contribution in [3.63, 3.8) is 0 Å². The van der Waals surface area contributed by atoms with Crippen molar-refractivity contribution in [1.29, 1.82) is 0 Å². The molecule has 172 valence electrons. The van der Waals surface area contributed by atoms with Crippen molar-refractivity contribution in [2.75, 3.05) is 11.9 Å². The van der Waals surface area contributed by atoms with Crippen LogP contribution in [0.5, 0.6) is 0 Å². The Morgan fingerprint density at radius 3 is 2.26 bits per heavy atom. The molecule has 0 bridgehead atoms. The van der Waals surface area contributed by atoms with E-state index in [0.717, 1.165) is 28.3 Å². The number of carbonyl (C=O) groups excluding carboxylic acids is 2. The molecule has 3 aromatic carbocycles. The minimum Gasteiger partial charge on any atom is -0.478 e. The Kier molecular flexibility index (Phi) is 6.73. The molecule has 3 aromatic rings. The Balaban J connectivity index is 1.34. The predicted molar refractivity (Wildman–Crippen MR) is 129 cm³/mol. The van der Waals surface area contributed by atoms with Crippen LogP contribution in [0.15, 0.2) is 78.9 Å². The van der Waals surface area contributed by atoms with Gasteiger partial charge in [0.25, 0.3) is 0 Å². The molecule has 0 aliphatic heterocycles. The molecule has 0 unspecified atom stereocenters. The lowest BCUT2D eigenvalue weighted by Gasteiger charge is -2.17. The van der Waals surface area contributed by atoms with Crippen molar-refractivity contribution in [2.45, 2.75) is 18.9 Å². The minimum absolute atomic E-state index is 0.0659. The number of carboxylic acids is 1. The Hall–Kier alpha value is -4.39. The normalized spacial score (nSPS) is 13.1. The van der Waals surface area contributed by atoms with E-state index in [-0.39, 0.29) is 12.5 Å². The van der Waals surface area contributed by atoms with Gasteiger partial charge in [-0.3, -0.25) is 4.79 Å². The van der Waals surface area contributed by atoms with Gasteiger partial charge in [0.1, 0.15) is 12.6 Å². The van der Waals surface area contributed by atoms with Crippen molar-refractivity contribution in [2.24, 2.45) is 0 Å². The summed E-state index contributed by atoms with van der Waals surface area (Å²) in [7, 11) is 0. The molecule has 0 aromatic heterocycles. The van der Waals surface area contributed by atoms with E-state index in [2.05, 4.69) is 22.8 Å². The zero-order chi connectivity index (χ0) is 24.1. The van der Waals surface area contributed by atoms with Crippen molar-refractivity contribution in [1.82, 2.24) is 5.32 Å². The van der Waals surface area contributed by atoms with E-state index in [9.17, 15) is 14.4 Å². The summed E-state index contributed by atoms with van der Waals surface area (Å²) in [5.41, 5.74) is 5.61. The van der Waals surface area contributed by atoms with Gasteiger partial charge in [0, 0.05) is 17.7 Å². The maximum atomic E-state index is 12.5. The summed E-state index contributed by atoms with van der Waals surface area (Å²) in [6.07, 6.45) is 1.76. The summed E-state index contributed by atoms with van der Waals surface area (Å²) in [5.74, 6) is -1.55. The SMILES string of the molecule is C[C@@H](NC(=O)OCC1c2ccccc2-c2ccccc21)C(=O)Nc1cccc(/C=C/C(=O)O)c1. The average molecular weight is 456 g/mol. The maximum absolute atomic E-state index is 12.5. The summed E-state index contributed by atoms with van der Waals surface area (Å²) >= 11 is 0. The molecule has 1 aliphatic rings. The zero-order valence-electron chi connectivity index (χ0n) is 18.5. The first-order valence-electron chi connectivity index (χ1n) is 10.9. The number of anilines is 1. The number of fused-ring (bicyclic) bond motifs is 3. The number of carbonyl (C=O) groups is 3. The highest BCUT2D eigenvalue weighted by Crippen LogP contribution is 2.44. The fraction of sp³-hybridized carbons (Fsp3) is 0.148. The van der Waals surface area contributed by atoms with Gasteiger partial charge in [-0.25, -0.2) is 9.59 Å². The van der Waals surface area contributed by atoms with Gasteiger partial charge in [0.05, 0.1) is 0 Å². The third-order valence-corrected chi connectivity index (χ3v) is 5.64. The molecule has 3 N–H and O–H groups in total. The summed E-state index contributed by atoms with van der Waals surface area (Å²) in [6.45, 7) is 1.72. The fourth-order valence-corrected chi connectivity index (χ4v) is 4.02. The Morgan fingerprint density at radius 1 is 0.971 bits per heavy atom. The molecule has 0 saturated carbocycles. The number of hydrogen-bond donors (Lipinski definition) is 3. The van der Waals surface area contributed by atoms with E-state index in [4.69, 9.17) is 9.84 Å². The van der Waals surface area contributed by atoms with Gasteiger partial charge in [-0.1, -0.05) is 60.7 Å². The monoisotopic (exact) mass is 456 g/mol. The molecule has 0 fully saturated rings. The lowest BCUT2D eigenvalue weighted by molar-refractivity contribution is -0.131. The van der Waals surface area contributed by atoms with Crippen LogP contribution in [-0.2, 0) is 14.3 Å². The second-order valence-electron chi connectivity index (χ2n) is 7.98. The summed E-state index contributed by atoms with van der Waals surface area (Å²) in [5, 5.41) is 14.0. The summed E-state index contributed by atoms with van der Waals surface area (Å²) in [4.78, 5) is 35.6. The lowest BCUT2D eigenvalue weighted by Crippen LogP contribution is -2.42. The van der Waals surface area contributed by atoms with Crippen LogP contribution in [0.25, 0.3) is 17.2 Å². The highest BCUT2D eigenvalue weighted by molar-refractivity contribution is 5.96. The summed E-state index contributed by atoms with van der Waals surface area (Å²) in [6, 6.07) is 22.0. The van der Waals surface area contributed by atoms with Crippen LogP contribution in [0.1, 0.15) is 29.5 Å². The van der Waals surface area contributed by atoms with Crippen LogP contribution in [0.4, 0.5) is 10.5 Å². The van der Waals surface area contributed by atoms with Gasteiger partial charge in [0.2, 0.25) is 5.91 Å². The minimum atomic E-state index is -1.06. The third-order valence-electron chi connectivity index (χ3n) is 5.64. The number of ether oxygens (including phenoxy) is 1. The van der Waals surface area contributed by atoms with Crippen molar-refractivity contribution >= 4 is 29.7 Å². The third kappa shape index (κ3) is 5.15. The van der Waals surface area contributed by atoms with Gasteiger partial charge in [-0.2, -0.15) is 0 Å². The van der Waals surface area contributed by atoms with E-state index < -0.39 is 24.0 Å². The highest BCUT2D eigenvalue weighted by atomic mass is 16.5. The maximum Gasteiger partial charge on any atom is 0.407 e. The van der Waals surface area contributed by atoms with Gasteiger partial charge < -0.3 is 20.5 Å². The first-order chi connectivity index (χ1) is 16.4. The number of rotatable bonds is 7. The fourth-order valence-electron chi connectivity index (χ4n) is 4.02.